The van der Waals surface area contributed by atoms with Gasteiger partial charge >= 0.3 is 0 Å². The fourth-order valence-corrected chi connectivity index (χ4v) is 2.07. The third-order valence-corrected chi connectivity index (χ3v) is 3.20. The van der Waals surface area contributed by atoms with Crippen molar-refractivity contribution in [2.24, 2.45) is 0 Å². The number of carbonyl (C=O) groups excluding carboxylic acids is 1. The smallest absolute Gasteiger partial charge is 0.219 e. The largest absolute Gasteiger partial charge is 0.394 e. The highest BCUT2D eigenvalue weighted by molar-refractivity contribution is 5.73. The summed E-state index contributed by atoms with van der Waals surface area (Å²) in [6.45, 7) is 4.50. The fourth-order valence-electron chi connectivity index (χ4n) is 2.07. The van der Waals surface area contributed by atoms with E-state index in [0.29, 0.717) is 0 Å². The third kappa shape index (κ3) is 3.64. The molecule has 1 aliphatic heterocycles. The zero-order valence-corrected chi connectivity index (χ0v) is 11.7. The van der Waals surface area contributed by atoms with Gasteiger partial charge in [0.25, 0.3) is 0 Å². The fraction of sp³-hybridized carbons (Fsp3) is 0.917. The van der Waals surface area contributed by atoms with Crippen LogP contribution in [-0.2, 0) is 14.3 Å². The molecule has 1 amide bonds. The first-order valence-corrected chi connectivity index (χ1v) is 6.30. The van der Waals surface area contributed by atoms with Gasteiger partial charge in [-0.05, 0) is 13.8 Å². The van der Waals surface area contributed by atoms with E-state index in [2.05, 4.69) is 0 Å². The minimum Gasteiger partial charge on any atom is -0.394 e. The summed E-state index contributed by atoms with van der Waals surface area (Å²) in [5, 5.41) is 29.1. The zero-order chi connectivity index (χ0) is 14.7. The number of rotatable bonds is 4. The van der Waals surface area contributed by atoms with Gasteiger partial charge in [-0.2, -0.15) is 0 Å². The van der Waals surface area contributed by atoms with E-state index in [0.717, 1.165) is 0 Å². The SMILES string of the molecule is CC(=O)N(C)[C@H]1C(OC(C)C)O[C@H](CO)[C@H](O)[C@@H]1O. The van der Waals surface area contributed by atoms with Crippen LogP contribution in [0.4, 0.5) is 0 Å². The standard InChI is InChI=1S/C12H23NO6/c1-6(2)18-12-9(13(4)7(3)15)11(17)10(16)8(5-14)19-12/h6,8-12,14,16-17H,5H2,1-4H3/t8-,9-,10+,11-,12?/m1/s1. The number of nitrogens with zero attached hydrogens (tertiary/aromatic N) is 1. The normalized spacial score (nSPS) is 35.5. The Morgan fingerprint density at radius 2 is 1.95 bits per heavy atom. The highest BCUT2D eigenvalue weighted by Gasteiger charge is 2.47. The number of carbonyl (C=O) groups is 1. The maximum Gasteiger partial charge on any atom is 0.219 e. The van der Waals surface area contributed by atoms with Crippen molar-refractivity contribution in [2.75, 3.05) is 13.7 Å². The average molecular weight is 277 g/mol. The average Bonchev–Trinajstić information content (AvgIpc) is 2.32. The Morgan fingerprint density at radius 3 is 2.37 bits per heavy atom. The summed E-state index contributed by atoms with van der Waals surface area (Å²) in [6.07, 6.45) is -4.54. The molecule has 0 radical (unpaired) electrons. The molecule has 19 heavy (non-hydrogen) atoms. The molecular weight excluding hydrogens is 254 g/mol. The first-order valence-electron chi connectivity index (χ1n) is 6.30. The molecule has 1 heterocycles. The summed E-state index contributed by atoms with van der Waals surface area (Å²) >= 11 is 0. The number of hydrogen-bond acceptors (Lipinski definition) is 6. The van der Waals surface area contributed by atoms with E-state index < -0.39 is 37.3 Å². The van der Waals surface area contributed by atoms with Crippen LogP contribution >= 0.6 is 0 Å². The van der Waals surface area contributed by atoms with Crippen LogP contribution in [-0.4, -0.2) is 76.5 Å². The summed E-state index contributed by atoms with van der Waals surface area (Å²) in [7, 11) is 1.50. The lowest BCUT2D eigenvalue weighted by atomic mass is 9.96. The van der Waals surface area contributed by atoms with Gasteiger partial charge in [-0.25, -0.2) is 0 Å². The Bertz CT molecular complexity index is 311. The van der Waals surface area contributed by atoms with E-state index in [-0.39, 0.29) is 12.0 Å². The van der Waals surface area contributed by atoms with Crippen molar-refractivity contribution in [1.29, 1.82) is 0 Å². The zero-order valence-electron chi connectivity index (χ0n) is 11.7. The minimum absolute atomic E-state index is 0.186. The Balaban J connectivity index is 2.96. The molecule has 1 aliphatic rings. The number of ether oxygens (including phenoxy) is 2. The predicted octanol–water partition coefficient (Wildman–Crippen LogP) is -1.30. The Morgan fingerprint density at radius 1 is 1.37 bits per heavy atom. The second kappa shape index (κ2) is 6.62. The topological polar surface area (TPSA) is 99.5 Å². The molecule has 112 valence electrons. The van der Waals surface area contributed by atoms with Crippen molar-refractivity contribution in [1.82, 2.24) is 4.90 Å². The maximum atomic E-state index is 11.5. The molecule has 1 fully saturated rings. The van der Waals surface area contributed by atoms with Gasteiger partial charge in [0.2, 0.25) is 5.91 Å². The van der Waals surface area contributed by atoms with Crippen LogP contribution in [0, 0.1) is 0 Å². The minimum atomic E-state index is -1.27. The van der Waals surface area contributed by atoms with E-state index in [1.54, 1.807) is 13.8 Å². The molecule has 1 rings (SSSR count). The Kier molecular flexibility index (Phi) is 5.69. The molecule has 0 saturated carbocycles. The van der Waals surface area contributed by atoms with Crippen molar-refractivity contribution in [3.05, 3.63) is 0 Å². The third-order valence-electron chi connectivity index (χ3n) is 3.20. The van der Waals surface area contributed by atoms with Crippen molar-refractivity contribution < 1.29 is 29.6 Å². The second-order valence-corrected chi connectivity index (χ2v) is 5.01. The molecule has 1 unspecified atom stereocenters. The molecule has 0 aliphatic carbocycles. The second-order valence-electron chi connectivity index (χ2n) is 5.01. The van der Waals surface area contributed by atoms with E-state index in [9.17, 15) is 15.0 Å². The van der Waals surface area contributed by atoms with Crippen LogP contribution in [0.5, 0.6) is 0 Å². The summed E-state index contributed by atoms with van der Waals surface area (Å²) in [5.74, 6) is -0.278. The van der Waals surface area contributed by atoms with E-state index in [1.807, 2.05) is 0 Å². The van der Waals surface area contributed by atoms with Crippen LogP contribution < -0.4 is 0 Å². The molecule has 5 atom stereocenters. The number of amides is 1. The molecule has 1 saturated heterocycles. The van der Waals surface area contributed by atoms with Crippen LogP contribution in [0.25, 0.3) is 0 Å². The predicted molar refractivity (Wildman–Crippen MR) is 66.2 cm³/mol. The van der Waals surface area contributed by atoms with Crippen LogP contribution in [0.2, 0.25) is 0 Å². The molecule has 0 bridgehead atoms. The molecule has 0 aromatic carbocycles. The number of aliphatic hydroxyl groups is 3. The number of likely N-dealkylation sites (N-methyl/N-ethyl adjacent to an activating group) is 1. The maximum absolute atomic E-state index is 11.5. The first-order chi connectivity index (χ1) is 8.79. The van der Waals surface area contributed by atoms with Gasteiger partial charge in [0, 0.05) is 14.0 Å². The van der Waals surface area contributed by atoms with Crippen molar-refractivity contribution in [3.63, 3.8) is 0 Å². The Hall–Kier alpha value is -0.730. The molecule has 0 aromatic rings. The van der Waals surface area contributed by atoms with Crippen LogP contribution in [0.3, 0.4) is 0 Å². The van der Waals surface area contributed by atoms with Gasteiger partial charge in [0.1, 0.15) is 24.4 Å². The molecule has 7 nitrogen and oxygen atoms in total. The molecule has 7 heteroatoms. The van der Waals surface area contributed by atoms with Crippen molar-refractivity contribution in [2.45, 2.75) is 57.5 Å². The lowest BCUT2D eigenvalue weighted by Crippen LogP contribution is -2.65. The van der Waals surface area contributed by atoms with Gasteiger partial charge in [0.15, 0.2) is 6.29 Å². The highest BCUT2D eigenvalue weighted by Crippen LogP contribution is 2.26. The summed E-state index contributed by atoms with van der Waals surface area (Å²) < 4.78 is 11.0. The van der Waals surface area contributed by atoms with Crippen molar-refractivity contribution >= 4 is 5.91 Å². The van der Waals surface area contributed by atoms with E-state index in [4.69, 9.17) is 14.6 Å². The van der Waals surface area contributed by atoms with E-state index >= 15 is 0 Å². The van der Waals surface area contributed by atoms with Crippen LogP contribution in [0.1, 0.15) is 20.8 Å². The lowest BCUT2D eigenvalue weighted by molar-refractivity contribution is -0.291. The van der Waals surface area contributed by atoms with Gasteiger partial charge in [-0.15, -0.1) is 0 Å². The van der Waals surface area contributed by atoms with Gasteiger partial charge < -0.3 is 29.7 Å². The van der Waals surface area contributed by atoms with E-state index in [1.165, 1.54) is 18.9 Å². The molecule has 3 N–H and O–H groups in total. The monoisotopic (exact) mass is 277 g/mol. The number of aliphatic hydroxyl groups excluding tert-OH is 3. The summed E-state index contributed by atoms with van der Waals surface area (Å²) in [5.41, 5.74) is 0. The Labute approximate surface area is 112 Å². The van der Waals surface area contributed by atoms with Crippen LogP contribution in [0.15, 0.2) is 0 Å². The molecule has 0 spiro atoms. The highest BCUT2D eigenvalue weighted by atomic mass is 16.7. The summed E-state index contributed by atoms with van der Waals surface area (Å²) in [4.78, 5) is 12.7. The lowest BCUT2D eigenvalue weighted by Gasteiger charge is -2.45. The molecule has 0 aromatic heterocycles. The first kappa shape index (κ1) is 16.3. The van der Waals surface area contributed by atoms with Gasteiger partial charge in [0.05, 0.1) is 12.7 Å². The van der Waals surface area contributed by atoms with Gasteiger partial charge in [-0.1, -0.05) is 0 Å². The van der Waals surface area contributed by atoms with Crippen molar-refractivity contribution in [3.8, 4) is 0 Å². The molecular formula is C12H23NO6. The summed E-state index contributed by atoms with van der Waals surface area (Å²) in [6, 6.07) is -0.822. The van der Waals surface area contributed by atoms with Gasteiger partial charge in [-0.3, -0.25) is 4.79 Å². The number of hydrogen-bond donors (Lipinski definition) is 3. The quantitative estimate of drug-likeness (QED) is 0.590.